The molecule has 7 heteroatoms. The average Bonchev–Trinajstić information content (AvgIpc) is 3.53. The third-order valence-electron chi connectivity index (χ3n) is 5.97. The molecule has 0 radical (unpaired) electrons. The van der Waals surface area contributed by atoms with Crippen LogP contribution in [0.1, 0.15) is 34.6 Å². The van der Waals surface area contributed by atoms with Crippen LogP contribution in [0.15, 0.2) is 78.6 Å². The molecule has 0 bridgehead atoms. The van der Waals surface area contributed by atoms with Gasteiger partial charge in [0, 0.05) is 36.3 Å². The summed E-state index contributed by atoms with van der Waals surface area (Å²) in [4.78, 5) is 26.9. The van der Waals surface area contributed by atoms with E-state index in [2.05, 4.69) is 44.9 Å². The number of aromatic nitrogens is 3. The van der Waals surface area contributed by atoms with Crippen LogP contribution in [0.3, 0.4) is 0 Å². The number of aromatic amines is 1. The number of benzene rings is 1. The summed E-state index contributed by atoms with van der Waals surface area (Å²) in [6.07, 6.45) is 7.00. The molecule has 1 aliphatic heterocycles. The molecule has 3 aromatic heterocycles. The van der Waals surface area contributed by atoms with Gasteiger partial charge in [-0.25, -0.2) is 4.98 Å². The van der Waals surface area contributed by atoms with E-state index in [1.54, 1.807) is 29.9 Å². The summed E-state index contributed by atoms with van der Waals surface area (Å²) >= 11 is 1.60. The summed E-state index contributed by atoms with van der Waals surface area (Å²) < 4.78 is 0. The van der Waals surface area contributed by atoms with Crippen LogP contribution in [-0.4, -0.2) is 38.8 Å². The Labute approximate surface area is 185 Å². The molecule has 156 valence electrons. The first kappa shape index (κ1) is 19.5. The van der Waals surface area contributed by atoms with Crippen molar-refractivity contribution in [3.63, 3.8) is 0 Å². The maximum absolute atomic E-state index is 12.8. The molecule has 0 aliphatic carbocycles. The van der Waals surface area contributed by atoms with Crippen LogP contribution in [-0.2, 0) is 5.41 Å². The normalized spacial score (nSPS) is 15.5. The lowest BCUT2D eigenvalue weighted by atomic mass is 9.70. The first-order valence-corrected chi connectivity index (χ1v) is 11.2. The summed E-state index contributed by atoms with van der Waals surface area (Å²) in [7, 11) is 0. The molecule has 31 heavy (non-hydrogen) atoms. The fourth-order valence-corrected chi connectivity index (χ4v) is 5.12. The van der Waals surface area contributed by atoms with E-state index < -0.39 is 0 Å². The van der Waals surface area contributed by atoms with Gasteiger partial charge in [0.1, 0.15) is 5.69 Å². The number of hydrogen-bond acceptors (Lipinski definition) is 5. The van der Waals surface area contributed by atoms with Crippen LogP contribution in [0.4, 0.5) is 10.8 Å². The van der Waals surface area contributed by atoms with Gasteiger partial charge >= 0.3 is 0 Å². The van der Waals surface area contributed by atoms with Crippen molar-refractivity contribution in [2.75, 3.05) is 18.4 Å². The number of rotatable bonds is 5. The molecule has 4 heterocycles. The van der Waals surface area contributed by atoms with Crippen molar-refractivity contribution >= 4 is 28.1 Å². The van der Waals surface area contributed by atoms with E-state index in [1.165, 1.54) is 5.56 Å². The highest BCUT2D eigenvalue weighted by Gasteiger charge is 2.41. The number of likely N-dealkylation sites (tertiary alicyclic amines) is 1. The lowest BCUT2D eigenvalue weighted by molar-refractivity contribution is 0.0679. The second-order valence-corrected chi connectivity index (χ2v) is 8.59. The largest absolute Gasteiger partial charge is 0.357 e. The van der Waals surface area contributed by atoms with Crippen molar-refractivity contribution in [3.8, 4) is 0 Å². The minimum absolute atomic E-state index is 0.0591. The molecular weight excluding hydrogens is 406 g/mol. The molecule has 1 amide bonds. The highest BCUT2D eigenvalue weighted by Crippen LogP contribution is 2.43. The fourth-order valence-electron chi connectivity index (χ4n) is 4.29. The van der Waals surface area contributed by atoms with Gasteiger partial charge in [0.15, 0.2) is 5.13 Å². The maximum Gasteiger partial charge on any atom is 0.270 e. The molecular formula is C24H23N5OS. The van der Waals surface area contributed by atoms with Crippen molar-refractivity contribution in [1.82, 2.24) is 19.9 Å². The van der Waals surface area contributed by atoms with Gasteiger partial charge in [-0.15, -0.1) is 11.3 Å². The molecule has 5 rings (SSSR count). The Hall–Kier alpha value is -3.45. The summed E-state index contributed by atoms with van der Waals surface area (Å²) in [6, 6.07) is 18.1. The monoisotopic (exact) mass is 429 g/mol. The van der Waals surface area contributed by atoms with Crippen LogP contribution in [0, 0.1) is 0 Å². The lowest BCUT2D eigenvalue weighted by Gasteiger charge is -2.41. The van der Waals surface area contributed by atoms with Crippen molar-refractivity contribution in [2.24, 2.45) is 0 Å². The van der Waals surface area contributed by atoms with Gasteiger partial charge in [-0.2, -0.15) is 0 Å². The molecule has 1 saturated heterocycles. The summed E-state index contributed by atoms with van der Waals surface area (Å²) in [6.45, 7) is 1.38. The second-order valence-electron chi connectivity index (χ2n) is 7.73. The first-order chi connectivity index (χ1) is 15.2. The zero-order valence-electron chi connectivity index (χ0n) is 17.0. The standard InChI is InChI=1S/C24H23N5OS/c30-22(20-9-5-13-26-20)29-14-10-24(11-15-29,18-6-2-1-3-7-18)21-17-31-23(28-21)27-19-8-4-12-25-16-19/h1-9,12-13,16-17,26H,10-11,14-15H2,(H,27,28). The van der Waals surface area contributed by atoms with Crippen molar-refractivity contribution < 1.29 is 4.79 Å². The molecule has 0 spiro atoms. The average molecular weight is 430 g/mol. The van der Waals surface area contributed by atoms with E-state index in [4.69, 9.17) is 4.98 Å². The van der Waals surface area contributed by atoms with E-state index in [-0.39, 0.29) is 11.3 Å². The molecule has 0 atom stereocenters. The number of nitrogens with one attached hydrogen (secondary N) is 2. The van der Waals surface area contributed by atoms with E-state index in [0.29, 0.717) is 18.8 Å². The topological polar surface area (TPSA) is 73.9 Å². The maximum atomic E-state index is 12.8. The Morgan fingerprint density at radius 3 is 2.61 bits per heavy atom. The third kappa shape index (κ3) is 3.84. The predicted octanol–water partition coefficient (Wildman–Crippen LogP) is 4.83. The van der Waals surface area contributed by atoms with Gasteiger partial charge in [0.2, 0.25) is 0 Å². The molecule has 1 aliphatic rings. The smallest absolute Gasteiger partial charge is 0.270 e. The van der Waals surface area contributed by atoms with E-state index >= 15 is 0 Å². The molecule has 2 N–H and O–H groups in total. The Balaban J connectivity index is 1.42. The lowest BCUT2D eigenvalue weighted by Crippen LogP contribution is -2.46. The summed E-state index contributed by atoms with van der Waals surface area (Å²) in [5.74, 6) is 0.0591. The Kier molecular flexibility index (Phi) is 5.26. The number of nitrogens with zero attached hydrogens (tertiary/aromatic N) is 3. The number of H-pyrrole nitrogens is 1. The SMILES string of the molecule is O=C(c1ccc[nH]1)N1CCC(c2ccccc2)(c2csc(Nc3cccnc3)n2)CC1. The molecule has 6 nitrogen and oxygen atoms in total. The van der Waals surface area contributed by atoms with Gasteiger partial charge in [-0.05, 0) is 42.7 Å². The van der Waals surface area contributed by atoms with Gasteiger partial charge in [-0.3, -0.25) is 9.78 Å². The van der Waals surface area contributed by atoms with E-state index in [9.17, 15) is 4.79 Å². The van der Waals surface area contributed by atoms with E-state index in [0.717, 1.165) is 29.4 Å². The Morgan fingerprint density at radius 2 is 1.90 bits per heavy atom. The Bertz CT molecular complexity index is 1130. The zero-order valence-corrected chi connectivity index (χ0v) is 17.8. The molecule has 1 aromatic carbocycles. The molecule has 1 fully saturated rings. The minimum Gasteiger partial charge on any atom is -0.357 e. The number of thiazole rings is 1. The predicted molar refractivity (Wildman–Crippen MR) is 123 cm³/mol. The quantitative estimate of drug-likeness (QED) is 0.476. The minimum atomic E-state index is -0.209. The number of carbonyl (C=O) groups is 1. The van der Waals surface area contributed by atoms with E-state index in [1.807, 2.05) is 35.2 Å². The third-order valence-corrected chi connectivity index (χ3v) is 6.72. The first-order valence-electron chi connectivity index (χ1n) is 10.4. The molecule has 0 unspecified atom stereocenters. The number of amides is 1. The number of piperidine rings is 1. The summed E-state index contributed by atoms with van der Waals surface area (Å²) in [5.41, 5.74) is 3.66. The molecule has 4 aromatic rings. The van der Waals surface area contributed by atoms with Gasteiger partial charge < -0.3 is 15.2 Å². The van der Waals surface area contributed by atoms with Gasteiger partial charge in [0.05, 0.1) is 17.6 Å². The van der Waals surface area contributed by atoms with Crippen LogP contribution in [0.25, 0.3) is 0 Å². The van der Waals surface area contributed by atoms with Crippen molar-refractivity contribution in [3.05, 3.63) is 95.5 Å². The van der Waals surface area contributed by atoms with Crippen LogP contribution in [0.5, 0.6) is 0 Å². The van der Waals surface area contributed by atoms with Crippen LogP contribution in [0.2, 0.25) is 0 Å². The Morgan fingerprint density at radius 1 is 1.06 bits per heavy atom. The fraction of sp³-hybridized carbons (Fsp3) is 0.208. The highest BCUT2D eigenvalue weighted by atomic mass is 32.1. The number of anilines is 2. The highest BCUT2D eigenvalue weighted by molar-refractivity contribution is 7.13. The number of hydrogen-bond donors (Lipinski definition) is 2. The van der Waals surface area contributed by atoms with Crippen LogP contribution >= 0.6 is 11.3 Å². The van der Waals surface area contributed by atoms with Crippen molar-refractivity contribution in [1.29, 1.82) is 0 Å². The number of pyridine rings is 1. The zero-order chi connectivity index (χ0) is 21.1. The van der Waals surface area contributed by atoms with Crippen LogP contribution < -0.4 is 5.32 Å². The van der Waals surface area contributed by atoms with Gasteiger partial charge in [-0.1, -0.05) is 30.3 Å². The van der Waals surface area contributed by atoms with Gasteiger partial charge in [0.25, 0.3) is 5.91 Å². The van der Waals surface area contributed by atoms with Crippen molar-refractivity contribution in [2.45, 2.75) is 18.3 Å². The molecule has 0 saturated carbocycles. The second kappa shape index (κ2) is 8.35. The summed E-state index contributed by atoms with van der Waals surface area (Å²) in [5, 5.41) is 6.35. The number of carbonyl (C=O) groups excluding carboxylic acids is 1.